The third-order valence-electron chi connectivity index (χ3n) is 3.61. The molecule has 0 unspecified atom stereocenters. The van der Waals surface area contributed by atoms with Crippen LogP contribution in [0.15, 0.2) is 58.4 Å². The van der Waals surface area contributed by atoms with Gasteiger partial charge in [-0.15, -0.1) is 4.99 Å². The van der Waals surface area contributed by atoms with Crippen LogP contribution in [0.4, 0.5) is 0 Å². The lowest BCUT2D eigenvalue weighted by Crippen LogP contribution is -2.19. The Morgan fingerprint density at radius 2 is 1.96 bits per heavy atom. The van der Waals surface area contributed by atoms with Crippen LogP contribution in [0.25, 0.3) is 18.2 Å². The smallest absolute Gasteiger partial charge is 0.264 e. The highest BCUT2D eigenvalue weighted by atomic mass is 32.2. The zero-order valence-electron chi connectivity index (χ0n) is 14.0. The fourth-order valence-corrected chi connectivity index (χ4v) is 3.16. The summed E-state index contributed by atoms with van der Waals surface area (Å²) in [5, 5.41) is 11.4. The molecule has 0 bridgehead atoms. The monoisotopic (exact) mass is 361 g/mol. The number of amidine groups is 1. The molecular weight excluding hydrogens is 346 g/mol. The van der Waals surface area contributed by atoms with E-state index < -0.39 is 0 Å². The second-order valence-electron chi connectivity index (χ2n) is 5.33. The first-order valence-corrected chi connectivity index (χ1v) is 8.60. The molecule has 0 radical (unpaired) electrons. The van der Waals surface area contributed by atoms with Gasteiger partial charge in [0.1, 0.15) is 5.75 Å². The van der Waals surface area contributed by atoms with Crippen molar-refractivity contribution in [3.63, 3.8) is 0 Å². The van der Waals surface area contributed by atoms with Gasteiger partial charge in [-0.1, -0.05) is 54.6 Å². The van der Waals surface area contributed by atoms with Crippen molar-refractivity contribution in [2.75, 3.05) is 7.11 Å². The summed E-state index contributed by atoms with van der Waals surface area (Å²) in [6.07, 6.45) is 7.41. The van der Waals surface area contributed by atoms with Gasteiger partial charge in [-0.2, -0.15) is 5.26 Å². The van der Waals surface area contributed by atoms with E-state index in [0.717, 1.165) is 28.5 Å². The first-order chi connectivity index (χ1) is 12.7. The summed E-state index contributed by atoms with van der Waals surface area (Å²) in [6.45, 7) is 0. The molecule has 1 heterocycles. The van der Waals surface area contributed by atoms with Crippen LogP contribution in [0.1, 0.15) is 16.7 Å². The number of thioether (sulfide) groups is 1. The molecule has 0 spiro atoms. The number of nitriles is 1. The van der Waals surface area contributed by atoms with E-state index in [1.54, 1.807) is 19.4 Å². The summed E-state index contributed by atoms with van der Waals surface area (Å²) < 4.78 is 5.47. The summed E-state index contributed by atoms with van der Waals surface area (Å²) in [4.78, 5) is 15.9. The van der Waals surface area contributed by atoms with Gasteiger partial charge in [0.15, 0.2) is 5.17 Å². The Labute approximate surface area is 155 Å². The van der Waals surface area contributed by atoms with Crippen molar-refractivity contribution in [1.29, 1.82) is 5.26 Å². The van der Waals surface area contributed by atoms with Crippen molar-refractivity contribution in [2.24, 2.45) is 4.99 Å². The van der Waals surface area contributed by atoms with Gasteiger partial charge in [0.25, 0.3) is 5.91 Å². The van der Waals surface area contributed by atoms with Crippen LogP contribution in [0.3, 0.4) is 0 Å². The highest BCUT2D eigenvalue weighted by molar-refractivity contribution is 8.18. The van der Waals surface area contributed by atoms with E-state index in [0.29, 0.717) is 10.7 Å². The Bertz CT molecular complexity index is 957. The van der Waals surface area contributed by atoms with Gasteiger partial charge in [0.2, 0.25) is 6.19 Å². The topological polar surface area (TPSA) is 74.5 Å². The van der Waals surface area contributed by atoms with Crippen LogP contribution >= 0.6 is 11.8 Å². The number of amides is 1. The van der Waals surface area contributed by atoms with Crippen LogP contribution in [0, 0.1) is 11.5 Å². The van der Waals surface area contributed by atoms with Crippen molar-refractivity contribution in [3.8, 4) is 11.9 Å². The summed E-state index contributed by atoms with van der Waals surface area (Å²) >= 11 is 1.14. The van der Waals surface area contributed by atoms with Crippen molar-refractivity contribution in [3.05, 3.63) is 70.1 Å². The molecule has 0 aromatic heterocycles. The molecule has 1 aliphatic heterocycles. The van der Waals surface area contributed by atoms with Gasteiger partial charge in [-0.05, 0) is 35.0 Å². The van der Waals surface area contributed by atoms with Crippen LogP contribution < -0.4 is 10.1 Å². The number of hydrogen-bond donors (Lipinski definition) is 1. The number of nitrogens with zero attached hydrogens (tertiary/aromatic N) is 2. The van der Waals surface area contributed by atoms with Crippen molar-refractivity contribution in [1.82, 2.24) is 5.32 Å². The van der Waals surface area contributed by atoms with Crippen LogP contribution in [0.2, 0.25) is 0 Å². The average molecular weight is 361 g/mol. The highest BCUT2D eigenvalue weighted by Gasteiger charge is 2.23. The number of hydrogen-bond acceptors (Lipinski definition) is 5. The first kappa shape index (κ1) is 17.5. The number of benzene rings is 2. The Morgan fingerprint density at radius 1 is 1.15 bits per heavy atom. The minimum Gasteiger partial charge on any atom is -0.496 e. The molecule has 26 heavy (non-hydrogen) atoms. The minimum atomic E-state index is -0.268. The molecule has 1 N–H and O–H groups in total. The Hall–Kier alpha value is -3.30. The van der Waals surface area contributed by atoms with E-state index in [-0.39, 0.29) is 11.1 Å². The van der Waals surface area contributed by atoms with Gasteiger partial charge in [-0.25, -0.2) is 0 Å². The van der Waals surface area contributed by atoms with E-state index in [1.807, 2.05) is 60.7 Å². The fourth-order valence-electron chi connectivity index (χ4n) is 2.38. The van der Waals surface area contributed by atoms with Gasteiger partial charge < -0.3 is 4.74 Å². The van der Waals surface area contributed by atoms with Gasteiger partial charge >= 0.3 is 0 Å². The van der Waals surface area contributed by atoms with Crippen LogP contribution in [-0.2, 0) is 4.79 Å². The molecule has 2 aromatic rings. The molecule has 1 amide bonds. The van der Waals surface area contributed by atoms with Gasteiger partial charge in [-0.3, -0.25) is 10.1 Å². The maximum Gasteiger partial charge on any atom is 0.264 e. The Morgan fingerprint density at radius 3 is 2.69 bits per heavy atom. The van der Waals surface area contributed by atoms with Crippen molar-refractivity contribution >= 4 is 41.1 Å². The van der Waals surface area contributed by atoms with E-state index >= 15 is 0 Å². The predicted molar refractivity (Wildman–Crippen MR) is 105 cm³/mol. The van der Waals surface area contributed by atoms with E-state index in [1.165, 1.54) is 0 Å². The first-order valence-electron chi connectivity index (χ1n) is 7.78. The summed E-state index contributed by atoms with van der Waals surface area (Å²) in [6, 6.07) is 15.7. The lowest BCUT2D eigenvalue weighted by Gasteiger charge is -2.06. The molecule has 128 valence electrons. The minimum absolute atomic E-state index is 0.268. The number of methoxy groups -OCH3 is 1. The molecule has 0 saturated carbocycles. The second-order valence-corrected chi connectivity index (χ2v) is 6.36. The van der Waals surface area contributed by atoms with E-state index in [4.69, 9.17) is 10.00 Å². The molecule has 3 rings (SSSR count). The number of nitrogens with one attached hydrogen (secondary N) is 1. The lowest BCUT2D eigenvalue weighted by atomic mass is 10.1. The van der Waals surface area contributed by atoms with Crippen LogP contribution in [-0.4, -0.2) is 18.2 Å². The Balaban J connectivity index is 1.84. The molecule has 0 aliphatic carbocycles. The van der Waals surface area contributed by atoms with Gasteiger partial charge in [0.05, 0.1) is 12.0 Å². The van der Waals surface area contributed by atoms with Gasteiger partial charge in [0, 0.05) is 5.56 Å². The maximum atomic E-state index is 11.9. The largest absolute Gasteiger partial charge is 0.496 e. The lowest BCUT2D eigenvalue weighted by molar-refractivity contribution is -0.115. The van der Waals surface area contributed by atoms with Crippen molar-refractivity contribution < 1.29 is 9.53 Å². The molecule has 1 fully saturated rings. The molecular formula is C20H15N3O2S. The number of carbonyl (C=O) groups excluding carboxylic acids is 1. The van der Waals surface area contributed by atoms with Crippen molar-refractivity contribution in [2.45, 2.75) is 0 Å². The third kappa shape index (κ3) is 4.21. The summed E-state index contributed by atoms with van der Waals surface area (Å²) in [5.41, 5.74) is 2.87. The maximum absolute atomic E-state index is 11.9. The number of carbonyl (C=O) groups is 1. The average Bonchev–Trinajstić information content (AvgIpc) is 3.00. The molecule has 5 nitrogen and oxygen atoms in total. The Kier molecular flexibility index (Phi) is 5.52. The number of ether oxygens (including phenoxy) is 1. The molecule has 0 atom stereocenters. The molecule has 1 aliphatic rings. The third-order valence-corrected chi connectivity index (χ3v) is 4.52. The number of aliphatic imine (C=N–C) groups is 1. The predicted octanol–water partition coefficient (Wildman–Crippen LogP) is 3.91. The molecule has 1 saturated heterocycles. The zero-order valence-corrected chi connectivity index (χ0v) is 14.8. The quantitative estimate of drug-likeness (QED) is 0.509. The van der Waals surface area contributed by atoms with E-state index in [2.05, 4.69) is 10.3 Å². The molecule has 6 heteroatoms. The van der Waals surface area contributed by atoms with Crippen LogP contribution in [0.5, 0.6) is 5.75 Å². The summed E-state index contributed by atoms with van der Waals surface area (Å²) in [7, 11) is 1.61. The van der Waals surface area contributed by atoms with E-state index in [9.17, 15) is 4.79 Å². The number of rotatable bonds is 4. The second kappa shape index (κ2) is 8.19. The SMILES string of the molecule is COc1cc(C=C2SC(=NC#N)NC2=O)ccc1C=Cc1ccccc1. The normalized spacial score (nSPS) is 16.8. The zero-order chi connectivity index (χ0) is 18.4. The fraction of sp³-hybridized carbons (Fsp3) is 0.0500. The summed E-state index contributed by atoms with van der Waals surface area (Å²) in [5.74, 6) is 0.442. The molecule has 2 aromatic carbocycles. The highest BCUT2D eigenvalue weighted by Crippen LogP contribution is 2.28. The standard InChI is InChI=1S/C20H15N3O2S/c1-25-17-11-15(12-18-19(24)23-20(26-18)22-13-21)8-10-16(17)9-7-14-5-3-2-4-6-14/h2-12H,1H3,(H,22,23,24).